The molecule has 0 fully saturated rings. The average molecular weight is 265 g/mol. The highest BCUT2D eigenvalue weighted by molar-refractivity contribution is 5.32. The van der Waals surface area contributed by atoms with E-state index in [0.717, 1.165) is 17.0 Å². The van der Waals surface area contributed by atoms with E-state index < -0.39 is 0 Å². The molecule has 104 valence electrons. The molecule has 0 saturated carbocycles. The Hall–Kier alpha value is -1.89. The fourth-order valence-corrected chi connectivity index (χ4v) is 1.96. The SMILES string of the molecule is CNC(C)c1nnc(NC(C)c2c(C)noc2C)o1. The molecule has 0 aliphatic carbocycles. The molecule has 0 aliphatic rings. The largest absolute Gasteiger partial charge is 0.406 e. The van der Waals surface area contributed by atoms with Crippen molar-refractivity contribution in [1.82, 2.24) is 20.7 Å². The van der Waals surface area contributed by atoms with Crippen molar-refractivity contribution in [3.8, 4) is 0 Å². The molecule has 2 aromatic heterocycles. The van der Waals surface area contributed by atoms with E-state index in [0.29, 0.717) is 11.9 Å². The summed E-state index contributed by atoms with van der Waals surface area (Å²) in [5, 5.41) is 18.1. The molecule has 0 amide bonds. The summed E-state index contributed by atoms with van der Waals surface area (Å²) >= 11 is 0. The molecule has 2 aromatic rings. The molecule has 0 saturated heterocycles. The first-order valence-electron chi connectivity index (χ1n) is 6.23. The van der Waals surface area contributed by atoms with Gasteiger partial charge in [-0.1, -0.05) is 10.3 Å². The van der Waals surface area contributed by atoms with Gasteiger partial charge in [-0.25, -0.2) is 0 Å². The van der Waals surface area contributed by atoms with Gasteiger partial charge in [0.1, 0.15) is 5.76 Å². The molecule has 0 aliphatic heterocycles. The predicted octanol–water partition coefficient (Wildman–Crippen LogP) is 2.13. The minimum Gasteiger partial charge on any atom is -0.406 e. The molecule has 2 atom stereocenters. The fourth-order valence-electron chi connectivity index (χ4n) is 1.96. The molecule has 0 bridgehead atoms. The van der Waals surface area contributed by atoms with Crippen LogP contribution in [0, 0.1) is 13.8 Å². The van der Waals surface area contributed by atoms with Crippen molar-refractivity contribution in [2.24, 2.45) is 0 Å². The van der Waals surface area contributed by atoms with Gasteiger partial charge in [0.2, 0.25) is 5.89 Å². The van der Waals surface area contributed by atoms with E-state index in [1.807, 2.05) is 34.7 Å². The average Bonchev–Trinajstić information content (AvgIpc) is 2.96. The topological polar surface area (TPSA) is 89.0 Å². The summed E-state index contributed by atoms with van der Waals surface area (Å²) in [4.78, 5) is 0. The lowest BCUT2D eigenvalue weighted by Gasteiger charge is -2.11. The van der Waals surface area contributed by atoms with Crippen LogP contribution in [0.25, 0.3) is 0 Å². The zero-order valence-electron chi connectivity index (χ0n) is 11.8. The van der Waals surface area contributed by atoms with Crippen LogP contribution < -0.4 is 10.6 Å². The van der Waals surface area contributed by atoms with Crippen LogP contribution in [0.15, 0.2) is 8.94 Å². The maximum atomic E-state index is 5.54. The summed E-state index contributed by atoms with van der Waals surface area (Å²) in [7, 11) is 1.84. The van der Waals surface area contributed by atoms with Crippen LogP contribution in [0.1, 0.15) is 48.8 Å². The van der Waals surface area contributed by atoms with Gasteiger partial charge in [-0.3, -0.25) is 0 Å². The van der Waals surface area contributed by atoms with Crippen LogP contribution in [0.2, 0.25) is 0 Å². The fraction of sp³-hybridized carbons (Fsp3) is 0.583. The molecule has 2 N–H and O–H groups in total. The summed E-state index contributed by atoms with van der Waals surface area (Å²) in [5.74, 6) is 1.34. The van der Waals surface area contributed by atoms with E-state index in [1.165, 1.54) is 0 Å². The van der Waals surface area contributed by atoms with Gasteiger partial charge in [0.05, 0.1) is 17.8 Å². The highest BCUT2D eigenvalue weighted by Gasteiger charge is 2.19. The van der Waals surface area contributed by atoms with Crippen molar-refractivity contribution >= 4 is 6.01 Å². The van der Waals surface area contributed by atoms with E-state index in [1.54, 1.807) is 0 Å². The van der Waals surface area contributed by atoms with Crippen LogP contribution >= 0.6 is 0 Å². The Morgan fingerprint density at radius 2 is 1.84 bits per heavy atom. The molecular weight excluding hydrogens is 246 g/mol. The molecule has 2 heterocycles. The standard InChI is InChI=1S/C12H19N5O2/c1-6(10-7(2)17-19-9(10)4)14-12-16-15-11(18-12)8(3)13-5/h6,8,13H,1-5H3,(H,14,16). The van der Waals surface area contributed by atoms with Crippen molar-refractivity contribution in [1.29, 1.82) is 0 Å². The predicted molar refractivity (Wildman–Crippen MR) is 69.8 cm³/mol. The zero-order valence-corrected chi connectivity index (χ0v) is 11.8. The van der Waals surface area contributed by atoms with Crippen LogP contribution in [-0.4, -0.2) is 22.4 Å². The smallest absolute Gasteiger partial charge is 0.316 e. The van der Waals surface area contributed by atoms with Gasteiger partial charge in [-0.15, -0.1) is 5.10 Å². The summed E-state index contributed by atoms with van der Waals surface area (Å²) < 4.78 is 10.7. The van der Waals surface area contributed by atoms with E-state index >= 15 is 0 Å². The van der Waals surface area contributed by atoms with Crippen LogP contribution in [-0.2, 0) is 0 Å². The zero-order chi connectivity index (χ0) is 14.0. The molecule has 0 spiro atoms. The Bertz CT molecular complexity index is 529. The van der Waals surface area contributed by atoms with Gasteiger partial charge >= 0.3 is 6.01 Å². The minimum absolute atomic E-state index is 0.00978. The van der Waals surface area contributed by atoms with Gasteiger partial charge in [0.15, 0.2) is 0 Å². The molecule has 7 nitrogen and oxygen atoms in total. The second kappa shape index (κ2) is 5.40. The lowest BCUT2D eigenvalue weighted by molar-refractivity contribution is 0.391. The van der Waals surface area contributed by atoms with Gasteiger partial charge in [0, 0.05) is 5.56 Å². The maximum absolute atomic E-state index is 5.54. The third-order valence-electron chi connectivity index (χ3n) is 3.11. The quantitative estimate of drug-likeness (QED) is 0.855. The summed E-state index contributed by atoms with van der Waals surface area (Å²) in [6, 6.07) is 0.409. The van der Waals surface area contributed by atoms with E-state index in [-0.39, 0.29) is 12.1 Å². The molecule has 7 heteroatoms. The molecule has 0 aromatic carbocycles. The van der Waals surface area contributed by atoms with Crippen molar-refractivity contribution in [3.63, 3.8) is 0 Å². The van der Waals surface area contributed by atoms with Gasteiger partial charge in [-0.2, -0.15) is 0 Å². The normalized spacial score (nSPS) is 14.4. The summed E-state index contributed by atoms with van der Waals surface area (Å²) in [6.07, 6.45) is 0. The van der Waals surface area contributed by atoms with Crippen molar-refractivity contribution < 1.29 is 8.94 Å². The van der Waals surface area contributed by atoms with Gasteiger partial charge in [-0.05, 0) is 34.7 Å². The van der Waals surface area contributed by atoms with Crippen LogP contribution in [0.5, 0.6) is 0 Å². The first-order valence-corrected chi connectivity index (χ1v) is 6.23. The molecular formula is C12H19N5O2. The minimum atomic E-state index is -0.00978. The highest BCUT2D eigenvalue weighted by Crippen LogP contribution is 2.24. The number of hydrogen-bond donors (Lipinski definition) is 2. The Morgan fingerprint density at radius 3 is 2.42 bits per heavy atom. The summed E-state index contributed by atoms with van der Waals surface area (Å²) in [5.41, 5.74) is 1.88. The Labute approximate surface area is 111 Å². The van der Waals surface area contributed by atoms with Gasteiger partial charge < -0.3 is 19.6 Å². The third-order valence-corrected chi connectivity index (χ3v) is 3.11. The van der Waals surface area contributed by atoms with Crippen molar-refractivity contribution in [3.05, 3.63) is 22.9 Å². The number of aryl methyl sites for hydroxylation is 2. The second-order valence-corrected chi connectivity index (χ2v) is 4.56. The maximum Gasteiger partial charge on any atom is 0.316 e. The van der Waals surface area contributed by atoms with Crippen LogP contribution in [0.4, 0.5) is 6.01 Å². The molecule has 0 radical (unpaired) electrons. The first-order chi connectivity index (χ1) is 9.02. The van der Waals surface area contributed by atoms with Crippen molar-refractivity contribution in [2.75, 3.05) is 12.4 Å². The Kier molecular flexibility index (Phi) is 3.84. The van der Waals surface area contributed by atoms with E-state index in [9.17, 15) is 0 Å². The highest BCUT2D eigenvalue weighted by atomic mass is 16.5. The number of nitrogens with zero attached hydrogens (tertiary/aromatic N) is 3. The Morgan fingerprint density at radius 1 is 1.11 bits per heavy atom. The third kappa shape index (κ3) is 2.76. The number of aromatic nitrogens is 3. The van der Waals surface area contributed by atoms with Crippen LogP contribution in [0.3, 0.4) is 0 Å². The number of hydrogen-bond acceptors (Lipinski definition) is 7. The molecule has 19 heavy (non-hydrogen) atoms. The monoisotopic (exact) mass is 265 g/mol. The number of rotatable bonds is 5. The number of nitrogens with one attached hydrogen (secondary N) is 2. The van der Waals surface area contributed by atoms with E-state index in [2.05, 4.69) is 26.0 Å². The van der Waals surface area contributed by atoms with E-state index in [4.69, 9.17) is 8.94 Å². The van der Waals surface area contributed by atoms with Gasteiger partial charge in [0.25, 0.3) is 0 Å². The Balaban J connectivity index is 2.11. The lowest BCUT2D eigenvalue weighted by atomic mass is 10.1. The number of anilines is 1. The second-order valence-electron chi connectivity index (χ2n) is 4.56. The first kappa shape index (κ1) is 13.5. The lowest BCUT2D eigenvalue weighted by Crippen LogP contribution is -2.12. The molecule has 2 rings (SSSR count). The van der Waals surface area contributed by atoms with Crippen molar-refractivity contribution in [2.45, 2.75) is 39.8 Å². The molecule has 2 unspecified atom stereocenters. The summed E-state index contributed by atoms with van der Waals surface area (Å²) in [6.45, 7) is 7.75.